The van der Waals surface area contributed by atoms with Crippen LogP contribution in [-0.2, 0) is 6.54 Å². The van der Waals surface area contributed by atoms with Gasteiger partial charge in [-0.25, -0.2) is 0 Å². The molecule has 3 aromatic rings. The molecule has 0 aliphatic carbocycles. The average molecular weight is 572 g/mol. The summed E-state index contributed by atoms with van der Waals surface area (Å²) in [5.41, 5.74) is 2.07. The third-order valence-corrected chi connectivity index (χ3v) is 7.42. The van der Waals surface area contributed by atoms with Crippen molar-refractivity contribution in [2.75, 3.05) is 32.1 Å². The highest BCUT2D eigenvalue weighted by Crippen LogP contribution is 2.35. The number of halogens is 2. The molecule has 2 heterocycles. The Hall–Kier alpha value is -3.17. The fraction of sp³-hybridized carbons (Fsp3) is 0.345. The van der Waals surface area contributed by atoms with Crippen LogP contribution in [0.15, 0.2) is 60.9 Å². The van der Waals surface area contributed by atoms with Gasteiger partial charge in [-0.3, -0.25) is 19.5 Å². The van der Waals surface area contributed by atoms with Gasteiger partial charge in [-0.05, 0) is 55.9 Å². The molecule has 0 unspecified atom stereocenters. The Morgan fingerprint density at radius 1 is 1.23 bits per heavy atom. The lowest BCUT2D eigenvalue weighted by Crippen LogP contribution is -2.49. The summed E-state index contributed by atoms with van der Waals surface area (Å²) in [6.07, 6.45) is 2.73. The molecule has 39 heavy (non-hydrogen) atoms. The van der Waals surface area contributed by atoms with Crippen molar-refractivity contribution < 1.29 is 19.4 Å². The van der Waals surface area contributed by atoms with Crippen LogP contribution in [-0.4, -0.2) is 70.6 Å². The SMILES string of the molecule is C[C@H]1CN([C@@H](C)CO)C(=O)c2cccc(NC(=O)c3ccncc3)c2O[C@@H]1CN(C)Cc1ccc(Cl)cc1Cl. The molecule has 3 atom stereocenters. The van der Waals surface area contributed by atoms with E-state index in [-0.39, 0.29) is 30.4 Å². The van der Waals surface area contributed by atoms with Crippen molar-refractivity contribution in [2.24, 2.45) is 5.92 Å². The second-order valence-corrected chi connectivity index (χ2v) is 10.8. The van der Waals surface area contributed by atoms with Gasteiger partial charge in [0.25, 0.3) is 11.8 Å². The monoisotopic (exact) mass is 570 g/mol. The zero-order valence-corrected chi connectivity index (χ0v) is 23.6. The minimum absolute atomic E-state index is 0.0943. The standard InChI is InChI=1S/C29H32Cl2N4O4/c1-18-14-35(19(2)17-36)29(38)23-5-4-6-25(33-28(37)20-9-11-32-12-10-20)27(23)39-26(18)16-34(3)15-21-7-8-22(30)13-24(21)31/h4-13,18-19,26,36H,14-17H2,1-3H3,(H,33,37)/t18-,19-,26+/m0/s1. The van der Waals surface area contributed by atoms with Gasteiger partial charge in [0.1, 0.15) is 6.10 Å². The number of pyridine rings is 1. The molecule has 2 N–H and O–H groups in total. The van der Waals surface area contributed by atoms with E-state index >= 15 is 0 Å². The van der Waals surface area contributed by atoms with Crippen LogP contribution in [0.1, 0.15) is 40.1 Å². The molecule has 1 aromatic heterocycles. The quantitative estimate of drug-likeness (QED) is 0.396. The van der Waals surface area contributed by atoms with Crippen LogP contribution in [0.2, 0.25) is 10.0 Å². The summed E-state index contributed by atoms with van der Waals surface area (Å²) in [5, 5.41) is 14.0. The number of carbonyl (C=O) groups is 2. The van der Waals surface area contributed by atoms with E-state index in [1.54, 1.807) is 59.8 Å². The fourth-order valence-corrected chi connectivity index (χ4v) is 5.04. The smallest absolute Gasteiger partial charge is 0.258 e. The number of nitrogens with one attached hydrogen (secondary N) is 1. The van der Waals surface area contributed by atoms with E-state index in [4.69, 9.17) is 27.9 Å². The lowest BCUT2D eigenvalue weighted by molar-refractivity contribution is 0.0343. The van der Waals surface area contributed by atoms with Crippen molar-refractivity contribution >= 4 is 40.7 Å². The van der Waals surface area contributed by atoms with Gasteiger partial charge in [0.15, 0.2) is 5.75 Å². The molecule has 2 aromatic carbocycles. The second-order valence-electron chi connectivity index (χ2n) is 9.93. The Morgan fingerprint density at radius 3 is 2.67 bits per heavy atom. The maximum atomic E-state index is 13.7. The molecule has 206 valence electrons. The lowest BCUT2D eigenvalue weighted by atomic mass is 9.98. The Kier molecular flexibility index (Phi) is 9.45. The highest BCUT2D eigenvalue weighted by molar-refractivity contribution is 6.35. The van der Waals surface area contributed by atoms with Crippen molar-refractivity contribution in [3.05, 3.63) is 87.7 Å². The average Bonchev–Trinajstić information content (AvgIpc) is 2.92. The van der Waals surface area contributed by atoms with Gasteiger partial charge < -0.3 is 20.1 Å². The number of anilines is 1. The van der Waals surface area contributed by atoms with Crippen LogP contribution in [0.4, 0.5) is 5.69 Å². The number of likely N-dealkylation sites (N-methyl/N-ethyl adjacent to an activating group) is 1. The number of fused-ring (bicyclic) bond motifs is 1. The van der Waals surface area contributed by atoms with E-state index < -0.39 is 6.04 Å². The molecule has 1 aliphatic heterocycles. The Morgan fingerprint density at radius 2 is 1.97 bits per heavy atom. The number of nitrogens with zero attached hydrogens (tertiary/aromatic N) is 3. The minimum Gasteiger partial charge on any atom is -0.486 e. The fourth-order valence-electron chi connectivity index (χ4n) is 4.57. The van der Waals surface area contributed by atoms with Gasteiger partial charge in [-0.2, -0.15) is 0 Å². The zero-order valence-electron chi connectivity index (χ0n) is 22.1. The van der Waals surface area contributed by atoms with Crippen molar-refractivity contribution in [1.29, 1.82) is 0 Å². The topological polar surface area (TPSA) is 95.0 Å². The number of para-hydroxylation sites is 1. The lowest BCUT2D eigenvalue weighted by Gasteiger charge is -2.38. The molecule has 0 radical (unpaired) electrons. The van der Waals surface area contributed by atoms with Crippen molar-refractivity contribution in [3.63, 3.8) is 0 Å². The number of carbonyl (C=O) groups excluding carboxylic acids is 2. The summed E-state index contributed by atoms with van der Waals surface area (Å²) in [7, 11) is 1.97. The Bertz CT molecular complexity index is 1320. The van der Waals surface area contributed by atoms with Gasteiger partial charge >= 0.3 is 0 Å². The normalized spacial score (nSPS) is 18.1. The number of aliphatic hydroxyl groups excluding tert-OH is 1. The van der Waals surface area contributed by atoms with Crippen LogP contribution in [0.5, 0.6) is 5.75 Å². The maximum Gasteiger partial charge on any atom is 0.258 e. The van der Waals surface area contributed by atoms with Crippen LogP contribution >= 0.6 is 23.2 Å². The molecular formula is C29H32Cl2N4O4. The van der Waals surface area contributed by atoms with E-state index in [9.17, 15) is 14.7 Å². The Balaban J connectivity index is 1.67. The molecule has 0 fully saturated rings. The third-order valence-electron chi connectivity index (χ3n) is 6.83. The number of rotatable bonds is 8. The van der Waals surface area contributed by atoms with Crippen LogP contribution in [0.3, 0.4) is 0 Å². The van der Waals surface area contributed by atoms with Crippen molar-refractivity contribution in [3.8, 4) is 5.75 Å². The first-order valence-corrected chi connectivity index (χ1v) is 13.5. The van der Waals surface area contributed by atoms with E-state index in [0.717, 1.165) is 5.56 Å². The number of hydrogen-bond acceptors (Lipinski definition) is 6. The van der Waals surface area contributed by atoms with Crippen molar-refractivity contribution in [1.82, 2.24) is 14.8 Å². The summed E-state index contributed by atoms with van der Waals surface area (Å²) in [6, 6.07) is 13.3. The summed E-state index contributed by atoms with van der Waals surface area (Å²) >= 11 is 12.5. The first-order valence-electron chi connectivity index (χ1n) is 12.7. The molecule has 0 saturated heterocycles. The molecule has 1 aliphatic rings. The summed E-state index contributed by atoms with van der Waals surface area (Å²) < 4.78 is 6.57. The number of aromatic nitrogens is 1. The third kappa shape index (κ3) is 6.89. The molecule has 10 heteroatoms. The number of aliphatic hydroxyl groups is 1. The predicted octanol–water partition coefficient (Wildman–Crippen LogP) is 4.99. The number of ether oxygens (including phenoxy) is 1. The number of benzene rings is 2. The van der Waals surface area contributed by atoms with Gasteiger partial charge in [-0.15, -0.1) is 0 Å². The first-order chi connectivity index (χ1) is 18.7. The molecule has 0 bridgehead atoms. The first kappa shape index (κ1) is 28.8. The van der Waals surface area contributed by atoms with Crippen LogP contribution < -0.4 is 10.1 Å². The molecule has 8 nitrogen and oxygen atoms in total. The number of hydrogen-bond donors (Lipinski definition) is 2. The highest BCUT2D eigenvalue weighted by Gasteiger charge is 2.34. The van der Waals surface area contributed by atoms with E-state index in [1.807, 2.05) is 27.0 Å². The summed E-state index contributed by atoms with van der Waals surface area (Å²) in [6.45, 7) is 5.13. The van der Waals surface area contributed by atoms with Gasteiger partial charge in [0, 0.05) is 53.6 Å². The molecule has 0 saturated carbocycles. The van der Waals surface area contributed by atoms with Crippen LogP contribution in [0, 0.1) is 5.92 Å². The minimum atomic E-state index is -0.396. The maximum absolute atomic E-state index is 13.7. The summed E-state index contributed by atoms with van der Waals surface area (Å²) in [5.74, 6) is -0.403. The number of amides is 2. The molecular weight excluding hydrogens is 539 g/mol. The van der Waals surface area contributed by atoms with Gasteiger partial charge in [0.2, 0.25) is 0 Å². The molecule has 4 rings (SSSR count). The van der Waals surface area contributed by atoms with E-state index in [2.05, 4.69) is 15.2 Å². The largest absolute Gasteiger partial charge is 0.486 e. The predicted molar refractivity (Wildman–Crippen MR) is 153 cm³/mol. The Labute approximate surface area is 238 Å². The van der Waals surface area contributed by atoms with Crippen LogP contribution in [0.25, 0.3) is 0 Å². The molecule has 0 spiro atoms. The van der Waals surface area contributed by atoms with Crippen molar-refractivity contribution in [2.45, 2.75) is 32.5 Å². The summed E-state index contributed by atoms with van der Waals surface area (Å²) in [4.78, 5) is 34.4. The van der Waals surface area contributed by atoms with Gasteiger partial charge in [0.05, 0.1) is 23.9 Å². The van der Waals surface area contributed by atoms with Gasteiger partial charge in [-0.1, -0.05) is 42.3 Å². The molecule has 2 amide bonds. The second kappa shape index (κ2) is 12.8. The zero-order chi connectivity index (χ0) is 28.1. The van der Waals surface area contributed by atoms with E-state index in [0.29, 0.717) is 52.2 Å². The van der Waals surface area contributed by atoms with E-state index in [1.165, 1.54) is 0 Å². The highest BCUT2D eigenvalue weighted by atomic mass is 35.5.